The topological polar surface area (TPSA) is 20.2 Å². The lowest BCUT2D eigenvalue weighted by atomic mass is 9.76. The van der Waals surface area contributed by atoms with Crippen molar-refractivity contribution in [3.8, 4) is 11.1 Å². The van der Waals surface area contributed by atoms with Gasteiger partial charge in [0.1, 0.15) is 0 Å². The summed E-state index contributed by atoms with van der Waals surface area (Å²) in [5, 5.41) is 10.9. The van der Waals surface area contributed by atoms with Crippen LogP contribution < -0.4 is 0 Å². The van der Waals surface area contributed by atoms with E-state index in [9.17, 15) is 5.11 Å². The molecule has 0 amide bonds. The molecule has 3 aromatic carbocycles. The molecule has 1 nitrogen and oxygen atoms in total. The Morgan fingerprint density at radius 1 is 0.652 bits per heavy atom. The van der Waals surface area contributed by atoms with Crippen molar-refractivity contribution in [3.05, 3.63) is 102 Å². The summed E-state index contributed by atoms with van der Waals surface area (Å²) in [6.45, 7) is 0. The molecule has 0 heterocycles. The summed E-state index contributed by atoms with van der Waals surface area (Å²) in [4.78, 5) is 0. The molecular formula is C22H18O. The largest absolute Gasteiger partial charge is 0.387 e. The Bertz CT molecular complexity index is 849. The van der Waals surface area contributed by atoms with E-state index in [-0.39, 0.29) is 5.92 Å². The van der Waals surface area contributed by atoms with Crippen LogP contribution in [0.3, 0.4) is 0 Å². The molecule has 23 heavy (non-hydrogen) atoms. The fourth-order valence-electron chi connectivity index (χ4n) is 3.38. The minimum Gasteiger partial charge on any atom is -0.387 e. The number of aliphatic hydroxyl groups is 1. The standard InChI is InChI=1S/C22H18O/c23-22-20-13-7-6-11-18(20)17-10-4-5-12-19(17)21(22)15-14-16-8-2-1-3-9-16/h1-15,21-23H/b15-14-. The molecule has 112 valence electrons. The van der Waals surface area contributed by atoms with Crippen LogP contribution >= 0.6 is 0 Å². The minimum absolute atomic E-state index is 0.0266. The average molecular weight is 298 g/mol. The predicted molar refractivity (Wildman–Crippen MR) is 95.1 cm³/mol. The van der Waals surface area contributed by atoms with Crippen LogP contribution in [-0.4, -0.2) is 5.11 Å². The van der Waals surface area contributed by atoms with Crippen LogP contribution in [0.4, 0.5) is 0 Å². The summed E-state index contributed by atoms with van der Waals surface area (Å²) >= 11 is 0. The quantitative estimate of drug-likeness (QED) is 0.689. The molecule has 0 aliphatic heterocycles. The van der Waals surface area contributed by atoms with Crippen LogP contribution in [0.15, 0.2) is 84.9 Å². The van der Waals surface area contributed by atoms with Gasteiger partial charge in [0.25, 0.3) is 0 Å². The molecule has 2 unspecified atom stereocenters. The highest BCUT2D eigenvalue weighted by atomic mass is 16.3. The van der Waals surface area contributed by atoms with Crippen molar-refractivity contribution in [2.45, 2.75) is 12.0 Å². The highest BCUT2D eigenvalue weighted by molar-refractivity contribution is 5.75. The van der Waals surface area contributed by atoms with Crippen LogP contribution in [0, 0.1) is 0 Å². The number of hydrogen-bond acceptors (Lipinski definition) is 1. The molecule has 4 rings (SSSR count). The van der Waals surface area contributed by atoms with Gasteiger partial charge in [-0.3, -0.25) is 0 Å². The van der Waals surface area contributed by atoms with Crippen LogP contribution in [-0.2, 0) is 0 Å². The lowest BCUT2D eigenvalue weighted by molar-refractivity contribution is 0.160. The Kier molecular flexibility index (Phi) is 3.57. The first-order valence-electron chi connectivity index (χ1n) is 7.94. The van der Waals surface area contributed by atoms with Gasteiger partial charge in [-0.1, -0.05) is 91.0 Å². The summed E-state index contributed by atoms with van der Waals surface area (Å²) in [6, 6.07) is 26.7. The van der Waals surface area contributed by atoms with Gasteiger partial charge in [-0.15, -0.1) is 0 Å². The first-order valence-corrected chi connectivity index (χ1v) is 7.94. The van der Waals surface area contributed by atoms with Crippen molar-refractivity contribution < 1.29 is 5.11 Å². The highest BCUT2D eigenvalue weighted by Crippen LogP contribution is 2.46. The molecule has 0 aromatic heterocycles. The van der Waals surface area contributed by atoms with E-state index in [4.69, 9.17) is 0 Å². The summed E-state index contributed by atoms with van der Waals surface area (Å²) in [5.74, 6) is -0.0266. The Morgan fingerprint density at radius 3 is 1.96 bits per heavy atom. The van der Waals surface area contributed by atoms with Crippen molar-refractivity contribution in [3.63, 3.8) is 0 Å². The maximum absolute atomic E-state index is 10.9. The van der Waals surface area contributed by atoms with Gasteiger partial charge in [-0.25, -0.2) is 0 Å². The van der Waals surface area contributed by atoms with Gasteiger partial charge in [0.15, 0.2) is 0 Å². The lowest BCUT2D eigenvalue weighted by Crippen LogP contribution is -2.15. The van der Waals surface area contributed by atoms with Gasteiger partial charge in [-0.2, -0.15) is 0 Å². The van der Waals surface area contributed by atoms with Gasteiger partial charge in [-0.05, 0) is 27.8 Å². The molecule has 1 aliphatic rings. The third-order valence-electron chi connectivity index (χ3n) is 4.53. The fourth-order valence-corrected chi connectivity index (χ4v) is 3.38. The van der Waals surface area contributed by atoms with Gasteiger partial charge in [0, 0.05) is 5.92 Å². The summed E-state index contributed by atoms with van der Waals surface area (Å²) in [5.41, 5.74) is 5.70. The summed E-state index contributed by atoms with van der Waals surface area (Å²) in [7, 11) is 0. The third kappa shape index (κ3) is 2.49. The van der Waals surface area contributed by atoms with Gasteiger partial charge < -0.3 is 5.11 Å². The van der Waals surface area contributed by atoms with Gasteiger partial charge in [0.05, 0.1) is 6.10 Å². The van der Waals surface area contributed by atoms with E-state index in [1.807, 2.05) is 42.5 Å². The minimum atomic E-state index is -0.513. The molecule has 0 fully saturated rings. The second-order valence-electron chi connectivity index (χ2n) is 5.91. The molecule has 0 bridgehead atoms. The maximum Gasteiger partial charge on any atom is 0.0899 e. The first kappa shape index (κ1) is 14.0. The van der Waals surface area contributed by atoms with Crippen molar-refractivity contribution in [2.24, 2.45) is 0 Å². The number of rotatable bonds is 2. The molecule has 1 N–H and O–H groups in total. The van der Waals surface area contributed by atoms with E-state index < -0.39 is 6.10 Å². The zero-order valence-corrected chi connectivity index (χ0v) is 12.8. The Labute approximate surface area is 136 Å². The Hall–Kier alpha value is -2.64. The second-order valence-corrected chi connectivity index (χ2v) is 5.91. The zero-order valence-electron chi connectivity index (χ0n) is 12.8. The molecular weight excluding hydrogens is 280 g/mol. The molecule has 1 aliphatic carbocycles. The third-order valence-corrected chi connectivity index (χ3v) is 4.53. The van der Waals surface area contributed by atoms with E-state index in [1.165, 1.54) is 11.1 Å². The molecule has 0 saturated carbocycles. The predicted octanol–water partition coefficient (Wildman–Crippen LogP) is 5.20. The van der Waals surface area contributed by atoms with Crippen molar-refractivity contribution in [1.29, 1.82) is 0 Å². The van der Waals surface area contributed by atoms with Gasteiger partial charge in [0.2, 0.25) is 0 Å². The molecule has 2 atom stereocenters. The monoisotopic (exact) mass is 298 g/mol. The Morgan fingerprint density at radius 2 is 1.22 bits per heavy atom. The first-order chi connectivity index (χ1) is 11.3. The molecule has 1 heteroatoms. The van der Waals surface area contributed by atoms with Gasteiger partial charge >= 0.3 is 0 Å². The zero-order chi connectivity index (χ0) is 15.6. The van der Waals surface area contributed by atoms with E-state index >= 15 is 0 Å². The fraction of sp³-hybridized carbons (Fsp3) is 0.0909. The molecule has 0 spiro atoms. The molecule has 0 radical (unpaired) electrons. The maximum atomic E-state index is 10.9. The Balaban J connectivity index is 1.81. The van der Waals surface area contributed by atoms with E-state index in [0.29, 0.717) is 0 Å². The number of benzene rings is 3. The number of hydrogen-bond donors (Lipinski definition) is 1. The van der Waals surface area contributed by atoms with Crippen molar-refractivity contribution in [2.75, 3.05) is 0 Å². The van der Waals surface area contributed by atoms with Crippen molar-refractivity contribution >= 4 is 6.08 Å². The summed E-state index contributed by atoms with van der Waals surface area (Å²) < 4.78 is 0. The highest BCUT2D eigenvalue weighted by Gasteiger charge is 2.30. The lowest BCUT2D eigenvalue weighted by Gasteiger charge is -2.30. The number of aliphatic hydroxyl groups excluding tert-OH is 1. The van der Waals surface area contributed by atoms with E-state index in [0.717, 1.165) is 16.7 Å². The SMILES string of the molecule is OC1c2ccccc2-c2ccccc2C1/C=C\c1ccccc1. The van der Waals surface area contributed by atoms with Crippen LogP contribution in [0.2, 0.25) is 0 Å². The molecule has 0 saturated heterocycles. The van der Waals surface area contributed by atoms with Crippen molar-refractivity contribution in [1.82, 2.24) is 0 Å². The number of fused-ring (bicyclic) bond motifs is 3. The van der Waals surface area contributed by atoms with Crippen LogP contribution in [0.1, 0.15) is 28.7 Å². The van der Waals surface area contributed by atoms with Crippen LogP contribution in [0.25, 0.3) is 17.2 Å². The normalized spacial score (nSPS) is 19.3. The summed E-state index contributed by atoms with van der Waals surface area (Å²) in [6.07, 6.45) is 3.70. The average Bonchev–Trinajstić information content (AvgIpc) is 2.63. The second kappa shape index (κ2) is 5.86. The molecule has 3 aromatic rings. The van der Waals surface area contributed by atoms with E-state index in [1.54, 1.807) is 0 Å². The van der Waals surface area contributed by atoms with Crippen LogP contribution in [0.5, 0.6) is 0 Å². The smallest absolute Gasteiger partial charge is 0.0899 e. The van der Waals surface area contributed by atoms with E-state index in [2.05, 4.69) is 48.6 Å².